The highest BCUT2D eigenvalue weighted by Crippen LogP contribution is 2.14. The van der Waals surface area contributed by atoms with Crippen molar-refractivity contribution < 1.29 is 29.7 Å². The quantitative estimate of drug-likeness (QED) is 0.676. The first-order chi connectivity index (χ1) is 10.7. The van der Waals surface area contributed by atoms with E-state index in [1.54, 1.807) is 0 Å². The van der Waals surface area contributed by atoms with Gasteiger partial charge >= 0.3 is 18.0 Å². The summed E-state index contributed by atoms with van der Waals surface area (Å²) in [5.74, 6) is -2.05. The van der Waals surface area contributed by atoms with Crippen molar-refractivity contribution in [2.75, 3.05) is 6.54 Å². The van der Waals surface area contributed by atoms with E-state index in [0.29, 0.717) is 12.0 Å². The lowest BCUT2D eigenvalue weighted by atomic mass is 10.0. The molecule has 1 aromatic carbocycles. The van der Waals surface area contributed by atoms with Crippen molar-refractivity contribution in [2.45, 2.75) is 32.7 Å². The highest BCUT2D eigenvalue weighted by molar-refractivity contribution is 5.87. The number of aliphatic carboxylic acids is 1. The van der Waals surface area contributed by atoms with Gasteiger partial charge in [0, 0.05) is 13.0 Å². The average Bonchev–Trinajstić information content (AvgIpc) is 2.45. The topological polar surface area (TPSA) is 115 Å². The van der Waals surface area contributed by atoms with Gasteiger partial charge in [0.15, 0.2) is 0 Å². The number of benzene rings is 1. The van der Waals surface area contributed by atoms with E-state index in [4.69, 9.17) is 5.11 Å². The first-order valence-corrected chi connectivity index (χ1v) is 7.27. The van der Waals surface area contributed by atoms with Crippen LogP contribution in [-0.2, 0) is 11.2 Å². The van der Waals surface area contributed by atoms with Gasteiger partial charge in [-0.1, -0.05) is 26.0 Å². The average molecular weight is 323 g/mol. The van der Waals surface area contributed by atoms with E-state index in [2.05, 4.69) is 0 Å². The number of rotatable bonds is 8. The number of hydrogen-bond donors (Lipinski definition) is 3. The van der Waals surface area contributed by atoms with E-state index < -0.39 is 24.1 Å². The zero-order valence-electron chi connectivity index (χ0n) is 13.1. The Labute approximate surface area is 134 Å². The van der Waals surface area contributed by atoms with Crippen LogP contribution in [0.4, 0.5) is 4.79 Å². The summed E-state index contributed by atoms with van der Waals surface area (Å²) in [6.07, 6.45) is -0.728. The van der Waals surface area contributed by atoms with Crippen molar-refractivity contribution in [3.63, 3.8) is 0 Å². The van der Waals surface area contributed by atoms with Crippen molar-refractivity contribution in [1.82, 2.24) is 4.90 Å². The molecule has 1 unspecified atom stereocenters. The van der Waals surface area contributed by atoms with Crippen LogP contribution in [0.2, 0.25) is 0 Å². The molecule has 0 aromatic heterocycles. The number of carboxylic acids is 2. The normalized spacial score (nSPS) is 12.0. The molecule has 126 valence electrons. The van der Waals surface area contributed by atoms with E-state index in [0.717, 1.165) is 4.90 Å². The van der Waals surface area contributed by atoms with E-state index >= 15 is 0 Å². The molecule has 0 aliphatic rings. The van der Waals surface area contributed by atoms with Gasteiger partial charge in [-0.3, -0.25) is 4.90 Å². The van der Waals surface area contributed by atoms with E-state index in [1.165, 1.54) is 24.3 Å². The van der Waals surface area contributed by atoms with Gasteiger partial charge in [0.1, 0.15) is 6.04 Å². The predicted molar refractivity (Wildman–Crippen MR) is 82.7 cm³/mol. The van der Waals surface area contributed by atoms with Gasteiger partial charge in [0.25, 0.3) is 0 Å². The molecule has 1 atom stereocenters. The molecular formula is C16H21NO6. The number of amides is 1. The van der Waals surface area contributed by atoms with E-state index in [-0.39, 0.29) is 24.4 Å². The van der Waals surface area contributed by atoms with Crippen LogP contribution < -0.4 is 0 Å². The molecule has 3 N–H and O–H groups in total. The maximum Gasteiger partial charge on any atom is 0.408 e. The molecule has 7 heteroatoms. The number of carboxylic acid groups (broad SMARTS) is 3. The Morgan fingerprint density at radius 2 is 1.61 bits per heavy atom. The Morgan fingerprint density at radius 1 is 1.04 bits per heavy atom. The molecule has 1 amide bonds. The molecule has 0 spiro atoms. The largest absolute Gasteiger partial charge is 0.480 e. The summed E-state index contributed by atoms with van der Waals surface area (Å²) in [6.45, 7) is 4.00. The first kappa shape index (κ1) is 18.5. The van der Waals surface area contributed by atoms with Gasteiger partial charge < -0.3 is 15.3 Å². The lowest BCUT2D eigenvalue weighted by Crippen LogP contribution is -2.46. The Hall–Kier alpha value is -2.57. The second-order valence-corrected chi connectivity index (χ2v) is 5.72. The highest BCUT2D eigenvalue weighted by Gasteiger charge is 2.29. The van der Waals surface area contributed by atoms with Crippen LogP contribution in [0.5, 0.6) is 0 Å². The van der Waals surface area contributed by atoms with Gasteiger partial charge in [-0.2, -0.15) is 0 Å². The summed E-state index contributed by atoms with van der Waals surface area (Å²) in [6, 6.07) is 4.54. The van der Waals surface area contributed by atoms with Crippen molar-refractivity contribution >= 4 is 18.0 Å². The maximum absolute atomic E-state index is 11.5. The van der Waals surface area contributed by atoms with Crippen molar-refractivity contribution in [3.05, 3.63) is 35.4 Å². The Morgan fingerprint density at radius 3 is 2.00 bits per heavy atom. The van der Waals surface area contributed by atoms with Crippen LogP contribution in [0.3, 0.4) is 0 Å². The Balaban J connectivity index is 2.93. The van der Waals surface area contributed by atoms with Gasteiger partial charge in [0.2, 0.25) is 0 Å². The van der Waals surface area contributed by atoms with Crippen molar-refractivity contribution in [3.8, 4) is 0 Å². The van der Waals surface area contributed by atoms with Crippen LogP contribution in [0.25, 0.3) is 0 Å². The molecule has 0 radical (unpaired) electrons. The second-order valence-electron chi connectivity index (χ2n) is 5.72. The lowest BCUT2D eigenvalue weighted by Gasteiger charge is -2.27. The van der Waals surface area contributed by atoms with Crippen molar-refractivity contribution in [1.29, 1.82) is 0 Å². The van der Waals surface area contributed by atoms with Crippen LogP contribution in [-0.4, -0.2) is 50.8 Å². The number of hydrogen-bond acceptors (Lipinski definition) is 3. The van der Waals surface area contributed by atoms with Crippen LogP contribution in [0.1, 0.15) is 36.2 Å². The molecule has 0 aliphatic carbocycles. The minimum absolute atomic E-state index is 0.0143. The SMILES string of the molecule is CC(C)CCN(C(=O)O)C(Cc1ccc(C(=O)O)cc1)C(=O)O. The van der Waals surface area contributed by atoms with Crippen LogP contribution in [0, 0.1) is 5.92 Å². The highest BCUT2D eigenvalue weighted by atomic mass is 16.4. The van der Waals surface area contributed by atoms with Gasteiger partial charge in [-0.05, 0) is 30.0 Å². The summed E-state index contributed by atoms with van der Waals surface area (Å²) in [5.41, 5.74) is 0.661. The molecule has 23 heavy (non-hydrogen) atoms. The minimum Gasteiger partial charge on any atom is -0.480 e. The molecule has 0 saturated heterocycles. The molecule has 1 aromatic rings. The molecule has 0 bridgehead atoms. The predicted octanol–water partition coefficient (Wildman–Crippen LogP) is 2.41. The summed E-state index contributed by atoms with van der Waals surface area (Å²) in [5, 5.41) is 27.5. The molecule has 0 fully saturated rings. The van der Waals surface area contributed by atoms with Crippen LogP contribution >= 0.6 is 0 Å². The molecule has 0 aliphatic heterocycles. The summed E-state index contributed by atoms with van der Waals surface area (Å²) in [4.78, 5) is 34.6. The maximum atomic E-state index is 11.5. The minimum atomic E-state index is -1.28. The van der Waals surface area contributed by atoms with Gasteiger partial charge in [0.05, 0.1) is 5.56 Å². The van der Waals surface area contributed by atoms with Gasteiger partial charge in [-0.25, -0.2) is 14.4 Å². The molecule has 7 nitrogen and oxygen atoms in total. The summed E-state index contributed by atoms with van der Waals surface area (Å²) >= 11 is 0. The fourth-order valence-electron chi connectivity index (χ4n) is 2.12. The molecule has 0 heterocycles. The first-order valence-electron chi connectivity index (χ1n) is 7.27. The summed E-state index contributed by atoms with van der Waals surface area (Å²) in [7, 11) is 0. The Kier molecular flexibility index (Phi) is 6.56. The lowest BCUT2D eigenvalue weighted by molar-refractivity contribution is -0.142. The second kappa shape index (κ2) is 8.17. The van der Waals surface area contributed by atoms with Crippen molar-refractivity contribution in [2.24, 2.45) is 5.92 Å². The van der Waals surface area contributed by atoms with E-state index in [9.17, 15) is 24.6 Å². The number of carbonyl (C=O) groups is 3. The third-order valence-corrected chi connectivity index (χ3v) is 3.48. The standard InChI is InChI=1S/C16H21NO6/c1-10(2)7-8-17(16(22)23)13(15(20)21)9-11-3-5-12(6-4-11)14(18)19/h3-6,10,13H,7-9H2,1-2H3,(H,18,19)(H,20,21)(H,22,23). The molecule has 1 rings (SSSR count). The van der Waals surface area contributed by atoms with E-state index in [1.807, 2.05) is 13.8 Å². The Bertz CT molecular complexity index is 566. The number of aromatic carboxylic acids is 1. The fourth-order valence-corrected chi connectivity index (χ4v) is 2.12. The molecule has 0 saturated carbocycles. The smallest absolute Gasteiger partial charge is 0.408 e. The third kappa shape index (κ3) is 5.61. The van der Waals surface area contributed by atoms with Crippen LogP contribution in [0.15, 0.2) is 24.3 Å². The zero-order chi connectivity index (χ0) is 17.6. The monoisotopic (exact) mass is 323 g/mol. The number of nitrogens with zero attached hydrogens (tertiary/aromatic N) is 1. The van der Waals surface area contributed by atoms with Gasteiger partial charge in [-0.15, -0.1) is 0 Å². The summed E-state index contributed by atoms with van der Waals surface area (Å²) < 4.78 is 0. The third-order valence-electron chi connectivity index (χ3n) is 3.48. The molecular weight excluding hydrogens is 302 g/mol. The fraction of sp³-hybridized carbons (Fsp3) is 0.438. The zero-order valence-corrected chi connectivity index (χ0v) is 13.1.